The highest BCUT2D eigenvalue weighted by Gasteiger charge is 2.29. The Morgan fingerprint density at radius 2 is 1.44 bits per heavy atom. The van der Waals surface area contributed by atoms with Gasteiger partial charge in [0.25, 0.3) is 0 Å². The molecular weight excluding hydrogens is 488 g/mol. The van der Waals surface area contributed by atoms with Crippen LogP contribution in [0.25, 0.3) is 0 Å². The van der Waals surface area contributed by atoms with E-state index in [0.717, 1.165) is 5.56 Å². The van der Waals surface area contributed by atoms with E-state index in [1.54, 1.807) is 24.3 Å². The minimum atomic E-state index is -1.22. The van der Waals surface area contributed by atoms with Crippen LogP contribution in [0.1, 0.15) is 37.7 Å². The molecule has 10 N–H and O–H groups in total. The fourth-order valence-corrected chi connectivity index (χ4v) is 3.54. The smallest absolute Gasteiger partial charge is 0.326 e. The number of carbonyl (C=O) groups excluding carboxylic acids is 4. The molecule has 0 aromatic heterocycles. The lowest BCUT2D eigenvalue weighted by Crippen LogP contribution is -2.57. The predicted molar refractivity (Wildman–Crippen MR) is 137 cm³/mol. The summed E-state index contributed by atoms with van der Waals surface area (Å²) in [5.41, 5.74) is 17.4. The Morgan fingerprint density at radius 3 is 2.00 bits per heavy atom. The highest BCUT2D eigenvalue weighted by molar-refractivity contribution is 7.80. The molecule has 0 saturated carbocycles. The Labute approximate surface area is 215 Å². The minimum Gasteiger partial charge on any atom is -0.480 e. The van der Waals surface area contributed by atoms with Crippen molar-refractivity contribution in [2.45, 2.75) is 62.7 Å². The quantitative estimate of drug-likeness (QED) is 0.0875. The Hall–Kier alpha value is -3.16. The summed E-state index contributed by atoms with van der Waals surface area (Å²) in [6, 6.07) is 4.52. The molecule has 0 aliphatic carbocycles. The van der Waals surface area contributed by atoms with Gasteiger partial charge in [0.1, 0.15) is 18.1 Å². The summed E-state index contributed by atoms with van der Waals surface area (Å²) < 4.78 is 0. The van der Waals surface area contributed by atoms with Crippen LogP contribution in [0.15, 0.2) is 30.3 Å². The number of rotatable bonds is 17. The Bertz CT molecular complexity index is 887. The third-order valence-electron chi connectivity index (χ3n) is 5.32. The van der Waals surface area contributed by atoms with E-state index >= 15 is 0 Å². The SMILES string of the molecule is NCCCCC(NC(=O)C(CS)NC(=O)C(CCC(N)=O)NC(=O)C(N)Cc1ccccc1)C(=O)O. The number of hydrogen-bond donors (Lipinski definition) is 8. The van der Waals surface area contributed by atoms with Crippen molar-refractivity contribution in [1.29, 1.82) is 0 Å². The van der Waals surface area contributed by atoms with Crippen LogP contribution in [-0.2, 0) is 30.4 Å². The van der Waals surface area contributed by atoms with Crippen LogP contribution >= 0.6 is 12.6 Å². The number of aliphatic carboxylic acids is 1. The maximum Gasteiger partial charge on any atom is 0.326 e. The molecule has 1 aromatic carbocycles. The van der Waals surface area contributed by atoms with E-state index < -0.39 is 53.8 Å². The van der Waals surface area contributed by atoms with E-state index in [2.05, 4.69) is 28.6 Å². The molecular formula is C23H36N6O6S. The second-order valence-electron chi connectivity index (χ2n) is 8.29. The average Bonchev–Trinajstić information content (AvgIpc) is 2.84. The van der Waals surface area contributed by atoms with Crippen LogP contribution in [-0.4, -0.2) is 71.2 Å². The van der Waals surface area contributed by atoms with Crippen molar-refractivity contribution < 1.29 is 29.1 Å². The average molecular weight is 525 g/mol. The van der Waals surface area contributed by atoms with Gasteiger partial charge >= 0.3 is 5.97 Å². The van der Waals surface area contributed by atoms with Gasteiger partial charge in [0.05, 0.1) is 6.04 Å². The number of nitrogens with one attached hydrogen (secondary N) is 3. The highest BCUT2D eigenvalue weighted by atomic mass is 32.1. The van der Waals surface area contributed by atoms with Gasteiger partial charge in [-0.15, -0.1) is 0 Å². The highest BCUT2D eigenvalue weighted by Crippen LogP contribution is 2.06. The van der Waals surface area contributed by atoms with Crippen molar-refractivity contribution in [3.05, 3.63) is 35.9 Å². The molecule has 0 radical (unpaired) electrons. The summed E-state index contributed by atoms with van der Waals surface area (Å²) in [6.07, 6.45) is 1.16. The van der Waals surface area contributed by atoms with Crippen LogP contribution in [0.5, 0.6) is 0 Å². The van der Waals surface area contributed by atoms with Gasteiger partial charge in [0, 0.05) is 12.2 Å². The second kappa shape index (κ2) is 16.5. The molecule has 36 heavy (non-hydrogen) atoms. The van der Waals surface area contributed by atoms with Crippen molar-refractivity contribution in [3.63, 3.8) is 0 Å². The van der Waals surface area contributed by atoms with Gasteiger partial charge in [-0.3, -0.25) is 19.2 Å². The summed E-state index contributed by atoms with van der Waals surface area (Å²) in [5.74, 6) is -4.18. The monoisotopic (exact) mass is 524 g/mol. The van der Waals surface area contributed by atoms with Crippen LogP contribution in [0.3, 0.4) is 0 Å². The van der Waals surface area contributed by atoms with Crippen molar-refractivity contribution in [2.24, 2.45) is 17.2 Å². The standard InChI is InChI=1S/C23H36N6O6S/c24-11-5-4-8-17(23(34)35)28-22(33)18(13-36)29-21(32)16(9-10-19(26)30)27-20(31)15(25)12-14-6-2-1-3-7-14/h1-3,6-7,15-18,36H,4-5,8-13,24-25H2,(H2,26,30)(H,27,31)(H,28,33)(H,29,32)(H,34,35). The summed E-state index contributed by atoms with van der Waals surface area (Å²) >= 11 is 4.08. The summed E-state index contributed by atoms with van der Waals surface area (Å²) in [4.78, 5) is 61.0. The molecule has 12 nitrogen and oxygen atoms in total. The number of thiol groups is 1. The fourth-order valence-electron chi connectivity index (χ4n) is 3.28. The van der Waals surface area contributed by atoms with Gasteiger partial charge in [-0.2, -0.15) is 12.6 Å². The van der Waals surface area contributed by atoms with E-state index in [9.17, 15) is 29.1 Å². The van der Waals surface area contributed by atoms with Crippen LogP contribution in [0.4, 0.5) is 0 Å². The molecule has 0 bridgehead atoms. The number of hydrogen-bond acceptors (Lipinski definition) is 8. The number of unbranched alkanes of at least 4 members (excludes halogenated alkanes) is 1. The normalized spacial score (nSPS) is 14.1. The van der Waals surface area contributed by atoms with Gasteiger partial charge in [0.15, 0.2) is 0 Å². The lowest BCUT2D eigenvalue weighted by molar-refractivity contribution is -0.142. The number of benzene rings is 1. The molecule has 4 amide bonds. The zero-order valence-corrected chi connectivity index (χ0v) is 20.9. The molecule has 0 fully saturated rings. The topological polar surface area (TPSA) is 220 Å². The van der Waals surface area contributed by atoms with E-state index in [-0.39, 0.29) is 31.4 Å². The lowest BCUT2D eigenvalue weighted by atomic mass is 10.0. The molecule has 200 valence electrons. The Balaban J connectivity index is 2.84. The fraction of sp³-hybridized carbons (Fsp3) is 0.522. The van der Waals surface area contributed by atoms with Crippen LogP contribution < -0.4 is 33.2 Å². The molecule has 4 atom stereocenters. The molecule has 0 aliphatic rings. The number of carboxylic acids is 1. The molecule has 1 aromatic rings. The third kappa shape index (κ3) is 11.5. The summed E-state index contributed by atoms with van der Waals surface area (Å²) in [6.45, 7) is 0.392. The molecule has 0 heterocycles. The molecule has 0 saturated heterocycles. The van der Waals surface area contributed by atoms with E-state index in [1.807, 2.05) is 6.07 Å². The third-order valence-corrected chi connectivity index (χ3v) is 5.69. The first-order chi connectivity index (χ1) is 17.1. The number of carbonyl (C=O) groups is 5. The first-order valence-electron chi connectivity index (χ1n) is 11.6. The molecule has 0 spiro atoms. The van der Waals surface area contributed by atoms with Gasteiger partial charge in [-0.05, 0) is 44.2 Å². The summed E-state index contributed by atoms with van der Waals surface area (Å²) in [5, 5.41) is 16.7. The molecule has 4 unspecified atom stereocenters. The van der Waals surface area contributed by atoms with Crippen molar-refractivity contribution in [3.8, 4) is 0 Å². The number of amides is 4. The number of primary amides is 1. The maximum absolute atomic E-state index is 12.9. The van der Waals surface area contributed by atoms with Crippen molar-refractivity contribution in [2.75, 3.05) is 12.3 Å². The lowest BCUT2D eigenvalue weighted by Gasteiger charge is -2.24. The summed E-state index contributed by atoms with van der Waals surface area (Å²) in [7, 11) is 0. The van der Waals surface area contributed by atoms with Gasteiger partial charge in [-0.1, -0.05) is 30.3 Å². The van der Waals surface area contributed by atoms with Crippen molar-refractivity contribution >= 4 is 42.2 Å². The zero-order chi connectivity index (χ0) is 27.1. The zero-order valence-electron chi connectivity index (χ0n) is 20.0. The molecule has 0 aliphatic heterocycles. The van der Waals surface area contributed by atoms with Crippen LogP contribution in [0, 0.1) is 0 Å². The largest absolute Gasteiger partial charge is 0.480 e. The first kappa shape index (κ1) is 30.9. The Morgan fingerprint density at radius 1 is 0.861 bits per heavy atom. The van der Waals surface area contributed by atoms with Gasteiger partial charge in [-0.25, -0.2) is 4.79 Å². The number of nitrogens with two attached hydrogens (primary N) is 3. The first-order valence-corrected chi connectivity index (χ1v) is 12.2. The van der Waals surface area contributed by atoms with Gasteiger partial charge < -0.3 is 38.3 Å². The molecule has 13 heteroatoms. The second-order valence-corrected chi connectivity index (χ2v) is 8.66. The van der Waals surface area contributed by atoms with E-state index in [1.165, 1.54) is 0 Å². The Kier molecular flexibility index (Phi) is 14.1. The van der Waals surface area contributed by atoms with Gasteiger partial charge in [0.2, 0.25) is 23.6 Å². The minimum absolute atomic E-state index is 0.122. The van der Waals surface area contributed by atoms with Crippen molar-refractivity contribution in [1.82, 2.24) is 16.0 Å². The van der Waals surface area contributed by atoms with E-state index in [4.69, 9.17) is 17.2 Å². The molecule has 1 rings (SSSR count). The maximum atomic E-state index is 12.9. The van der Waals surface area contributed by atoms with Crippen LogP contribution in [0.2, 0.25) is 0 Å². The van der Waals surface area contributed by atoms with E-state index in [0.29, 0.717) is 19.4 Å². The predicted octanol–water partition coefficient (Wildman–Crippen LogP) is -1.58. The number of carboxylic acid groups (broad SMARTS) is 1.